The molecule has 0 N–H and O–H groups in total. The number of hydrogen-bond donors (Lipinski definition) is 0. The molecule has 0 amide bonds. The van der Waals surface area contributed by atoms with Crippen LogP contribution in [0.4, 0.5) is 17.1 Å². The van der Waals surface area contributed by atoms with Gasteiger partial charge in [0, 0.05) is 32.9 Å². The highest BCUT2D eigenvalue weighted by molar-refractivity contribution is 6.12. The summed E-state index contributed by atoms with van der Waals surface area (Å²) in [6.45, 7) is 0. The van der Waals surface area contributed by atoms with Gasteiger partial charge in [-0.05, 0) is 140 Å². The van der Waals surface area contributed by atoms with Crippen LogP contribution in [0.25, 0.3) is 55.0 Å². The maximum absolute atomic E-state index is 9.69. The second-order valence-corrected chi connectivity index (χ2v) is 13.6. The lowest BCUT2D eigenvalue weighted by molar-refractivity contribution is 0.415. The van der Waals surface area contributed by atoms with E-state index < -0.39 is 0 Å². The van der Waals surface area contributed by atoms with Crippen molar-refractivity contribution in [3.05, 3.63) is 151 Å². The van der Waals surface area contributed by atoms with E-state index in [4.69, 9.17) is 18.9 Å². The summed E-state index contributed by atoms with van der Waals surface area (Å²) in [5.74, 6) is 3.01. The minimum atomic E-state index is 0.556. The van der Waals surface area contributed by atoms with Crippen molar-refractivity contribution >= 4 is 60.7 Å². The first-order valence-electron chi connectivity index (χ1n) is 18.2. The van der Waals surface area contributed by atoms with Gasteiger partial charge in [-0.15, -0.1) is 0 Å². The fourth-order valence-corrected chi connectivity index (χ4v) is 7.81. The Bertz CT molecular complexity index is 2770. The van der Waals surface area contributed by atoms with Gasteiger partial charge in [0.1, 0.15) is 23.0 Å². The minimum Gasteiger partial charge on any atom is -0.497 e. The molecule has 0 fully saturated rings. The van der Waals surface area contributed by atoms with E-state index in [2.05, 4.69) is 92.9 Å². The highest BCUT2D eigenvalue weighted by Gasteiger charge is 2.22. The number of aromatic nitrogens is 2. The monoisotopic (exact) mass is 745 g/mol. The highest BCUT2D eigenvalue weighted by Crippen LogP contribution is 2.43. The normalized spacial score (nSPS) is 11.1. The number of fused-ring (bicyclic) bond motifs is 6. The second kappa shape index (κ2) is 14.1. The van der Waals surface area contributed by atoms with Gasteiger partial charge in [-0.25, -0.2) is 0 Å². The molecule has 0 atom stereocenters. The van der Waals surface area contributed by atoms with E-state index in [9.17, 15) is 10.5 Å². The van der Waals surface area contributed by atoms with Crippen molar-refractivity contribution < 1.29 is 18.9 Å². The van der Waals surface area contributed by atoms with Crippen LogP contribution in [0.15, 0.2) is 140 Å². The molecule has 9 nitrogen and oxygen atoms in total. The third-order valence-corrected chi connectivity index (χ3v) is 10.5. The lowest BCUT2D eigenvalue weighted by Gasteiger charge is -2.27. The Morgan fingerprint density at radius 1 is 0.386 bits per heavy atom. The van der Waals surface area contributed by atoms with Gasteiger partial charge in [-0.3, -0.25) is 0 Å². The molecule has 0 spiro atoms. The Kier molecular flexibility index (Phi) is 8.61. The molecular formula is C48H35N5O4. The van der Waals surface area contributed by atoms with Crippen LogP contribution in [0.5, 0.6) is 23.0 Å². The lowest BCUT2D eigenvalue weighted by atomic mass is 10.1. The number of nitriles is 2. The van der Waals surface area contributed by atoms with Crippen LogP contribution in [-0.2, 0) is 0 Å². The van der Waals surface area contributed by atoms with E-state index in [0.29, 0.717) is 11.1 Å². The standard InChI is InChI=1S/C48H35N5O4/c1-54-37-13-17-45-41(24-37)42-25-38(55-2)14-18-46(42)52(45)35-21-34(51(32-9-5-30(28-49)6-10-32)33-11-7-31(29-50)8-12-33)22-36(23-35)53-47-19-15-39(56-3)26-43(47)44-27-40(57-4)16-20-48(44)53/h5-27H,1-4H3. The van der Waals surface area contributed by atoms with Crippen LogP contribution in [0.2, 0.25) is 0 Å². The first kappa shape index (κ1) is 34.9. The van der Waals surface area contributed by atoms with E-state index in [1.165, 1.54) is 0 Å². The van der Waals surface area contributed by atoms with Crippen molar-refractivity contribution in [2.75, 3.05) is 33.3 Å². The zero-order valence-corrected chi connectivity index (χ0v) is 31.6. The Balaban J connectivity index is 1.41. The zero-order valence-electron chi connectivity index (χ0n) is 31.6. The van der Waals surface area contributed by atoms with Gasteiger partial charge in [0.05, 0.1) is 90.8 Å². The summed E-state index contributed by atoms with van der Waals surface area (Å²) in [6.07, 6.45) is 0. The van der Waals surface area contributed by atoms with E-state index in [0.717, 1.165) is 95.0 Å². The summed E-state index contributed by atoms with van der Waals surface area (Å²) in [5, 5.41) is 23.4. The Labute approximate surface area is 328 Å². The number of methoxy groups -OCH3 is 4. The van der Waals surface area contributed by atoms with Crippen molar-refractivity contribution in [1.29, 1.82) is 10.5 Å². The molecule has 0 saturated carbocycles. The molecule has 0 aliphatic heterocycles. The molecule has 7 aromatic carbocycles. The predicted molar refractivity (Wildman–Crippen MR) is 225 cm³/mol. The maximum atomic E-state index is 9.69. The van der Waals surface area contributed by atoms with Gasteiger partial charge in [0.2, 0.25) is 0 Å². The van der Waals surface area contributed by atoms with Crippen molar-refractivity contribution in [1.82, 2.24) is 9.13 Å². The van der Waals surface area contributed by atoms with Crippen LogP contribution in [0, 0.1) is 22.7 Å². The van der Waals surface area contributed by atoms with Gasteiger partial charge >= 0.3 is 0 Å². The maximum Gasteiger partial charge on any atom is 0.119 e. The molecule has 0 aliphatic carbocycles. The Hall–Kier alpha value is -7.88. The summed E-state index contributed by atoms with van der Waals surface area (Å²) in [6, 6.07) is 50.6. The van der Waals surface area contributed by atoms with Crippen molar-refractivity contribution in [2.45, 2.75) is 0 Å². The summed E-state index contributed by atoms with van der Waals surface area (Å²) < 4.78 is 27.3. The molecule has 0 saturated heterocycles. The summed E-state index contributed by atoms with van der Waals surface area (Å²) >= 11 is 0. The van der Waals surface area contributed by atoms with Crippen molar-refractivity contribution in [2.24, 2.45) is 0 Å². The van der Waals surface area contributed by atoms with Gasteiger partial charge in [0.25, 0.3) is 0 Å². The summed E-state index contributed by atoms with van der Waals surface area (Å²) in [5.41, 5.74) is 9.41. The average molecular weight is 746 g/mol. The van der Waals surface area contributed by atoms with Crippen molar-refractivity contribution in [3.63, 3.8) is 0 Å². The number of anilines is 3. The van der Waals surface area contributed by atoms with Gasteiger partial charge in [0.15, 0.2) is 0 Å². The molecule has 9 rings (SSSR count). The van der Waals surface area contributed by atoms with Crippen LogP contribution in [-0.4, -0.2) is 37.6 Å². The molecule has 0 unspecified atom stereocenters. The van der Waals surface area contributed by atoms with Crippen LogP contribution in [0.1, 0.15) is 11.1 Å². The molecule has 0 radical (unpaired) electrons. The third kappa shape index (κ3) is 5.86. The molecule has 2 aromatic heterocycles. The van der Waals surface area contributed by atoms with E-state index in [1.54, 1.807) is 28.4 Å². The Morgan fingerprint density at radius 2 is 0.702 bits per heavy atom. The molecule has 0 aliphatic rings. The van der Waals surface area contributed by atoms with Crippen LogP contribution < -0.4 is 23.8 Å². The number of hydrogen-bond acceptors (Lipinski definition) is 7. The molecule has 276 valence electrons. The fraction of sp³-hybridized carbons (Fsp3) is 0.0833. The van der Waals surface area contributed by atoms with E-state index in [-0.39, 0.29) is 0 Å². The first-order valence-corrected chi connectivity index (χ1v) is 18.2. The molecular weight excluding hydrogens is 711 g/mol. The fourth-order valence-electron chi connectivity index (χ4n) is 7.81. The molecule has 57 heavy (non-hydrogen) atoms. The number of nitrogens with zero attached hydrogens (tertiary/aromatic N) is 5. The molecule has 0 bridgehead atoms. The summed E-state index contributed by atoms with van der Waals surface area (Å²) in [4.78, 5) is 2.15. The highest BCUT2D eigenvalue weighted by atomic mass is 16.5. The van der Waals surface area contributed by atoms with Crippen LogP contribution in [0.3, 0.4) is 0 Å². The topological polar surface area (TPSA) is 97.6 Å². The van der Waals surface area contributed by atoms with Crippen LogP contribution >= 0.6 is 0 Å². The first-order chi connectivity index (χ1) is 27.9. The predicted octanol–water partition coefficient (Wildman–Crippen LogP) is 11.1. The van der Waals surface area contributed by atoms with Crippen molar-refractivity contribution in [3.8, 4) is 46.5 Å². The van der Waals surface area contributed by atoms with Gasteiger partial charge < -0.3 is 33.0 Å². The lowest BCUT2D eigenvalue weighted by Crippen LogP contribution is -2.12. The van der Waals surface area contributed by atoms with Gasteiger partial charge in [-0.1, -0.05) is 0 Å². The quantitative estimate of drug-likeness (QED) is 0.145. The largest absolute Gasteiger partial charge is 0.497 e. The third-order valence-electron chi connectivity index (χ3n) is 10.5. The Morgan fingerprint density at radius 3 is 0.982 bits per heavy atom. The smallest absolute Gasteiger partial charge is 0.119 e. The molecule has 2 heterocycles. The zero-order chi connectivity index (χ0) is 39.2. The number of rotatable bonds is 9. The number of benzene rings is 7. The molecule has 9 aromatic rings. The van der Waals surface area contributed by atoms with Gasteiger partial charge in [-0.2, -0.15) is 10.5 Å². The second-order valence-electron chi connectivity index (χ2n) is 13.6. The van der Waals surface area contributed by atoms with E-state index in [1.807, 2.05) is 72.8 Å². The summed E-state index contributed by atoms with van der Waals surface area (Å²) in [7, 11) is 6.70. The average Bonchev–Trinajstić information content (AvgIpc) is 3.77. The minimum absolute atomic E-state index is 0.556. The SMILES string of the molecule is COc1ccc2c(c1)c1cc(OC)ccc1n2-c1cc(N(c2ccc(C#N)cc2)c2ccc(C#N)cc2)cc(-n2c3ccc(OC)cc3c3cc(OC)ccc32)c1. The number of ether oxygens (including phenoxy) is 4. The molecule has 9 heteroatoms. The van der Waals surface area contributed by atoms with E-state index >= 15 is 0 Å².